The minimum Gasteiger partial charge on any atom is -0.326 e. The van der Waals surface area contributed by atoms with E-state index in [1.807, 2.05) is 12.1 Å². The summed E-state index contributed by atoms with van der Waals surface area (Å²) in [6.45, 7) is 1.01. The van der Waals surface area contributed by atoms with Crippen molar-refractivity contribution in [2.24, 2.45) is 5.73 Å². The van der Waals surface area contributed by atoms with Gasteiger partial charge in [0.25, 0.3) is 0 Å². The molecule has 1 aromatic carbocycles. The summed E-state index contributed by atoms with van der Waals surface area (Å²) in [5.41, 5.74) is 6.91. The molecule has 0 spiro atoms. The normalized spacial score (nSPS) is 29.8. The Morgan fingerprint density at radius 3 is 2.71 bits per heavy atom. The number of halogens is 2. The molecule has 3 rings (SSSR count). The molecule has 2 unspecified atom stereocenters. The van der Waals surface area contributed by atoms with Crippen LogP contribution in [0.1, 0.15) is 30.9 Å². The molecule has 1 heterocycles. The van der Waals surface area contributed by atoms with Crippen LogP contribution in [0.4, 0.5) is 4.39 Å². The number of likely N-dealkylation sites (tertiary alicyclic amines) is 1. The molecule has 92 valence electrons. The zero-order valence-electron chi connectivity index (χ0n) is 9.57. The molecule has 1 aliphatic heterocycles. The second-order valence-electron chi connectivity index (χ2n) is 5.03. The summed E-state index contributed by atoms with van der Waals surface area (Å²) >= 11 is 3.29. The van der Waals surface area contributed by atoms with Crippen molar-refractivity contribution in [2.45, 2.75) is 37.4 Å². The Balaban J connectivity index is 1.94. The highest BCUT2D eigenvalue weighted by Gasteiger charge is 2.42. The number of nitrogens with zero attached hydrogens (tertiary/aromatic N) is 1. The average molecular weight is 299 g/mol. The summed E-state index contributed by atoms with van der Waals surface area (Å²) in [7, 11) is 0. The maximum atomic E-state index is 14.0. The largest absolute Gasteiger partial charge is 0.326 e. The van der Waals surface area contributed by atoms with Crippen molar-refractivity contribution in [3.8, 4) is 0 Å². The summed E-state index contributed by atoms with van der Waals surface area (Å²) in [5, 5.41) is 0. The lowest BCUT2D eigenvalue weighted by atomic mass is 10.00. The number of hydrogen-bond acceptors (Lipinski definition) is 2. The molecule has 0 amide bonds. The van der Waals surface area contributed by atoms with E-state index in [1.165, 1.54) is 18.9 Å². The number of rotatable bonds is 2. The molecule has 4 heteroatoms. The lowest BCUT2D eigenvalue weighted by molar-refractivity contribution is 0.232. The number of nitrogens with two attached hydrogens (primary N) is 1. The van der Waals surface area contributed by atoms with Gasteiger partial charge in [0.05, 0.1) is 6.04 Å². The molecular formula is C13H16BrFN2. The predicted molar refractivity (Wildman–Crippen MR) is 69.2 cm³/mol. The molecule has 2 aliphatic rings. The van der Waals surface area contributed by atoms with Gasteiger partial charge in [0.2, 0.25) is 0 Å². The van der Waals surface area contributed by atoms with Gasteiger partial charge in [-0.1, -0.05) is 22.0 Å². The standard InChI is InChI=1S/C13H16BrFN2/c14-8-1-4-10(11(15)7-8)13-12(16)5-6-17(13)9-2-3-9/h1,4,7,9,12-13H,2-3,5-6,16H2. The minimum absolute atomic E-state index is 0.0614. The zero-order valence-corrected chi connectivity index (χ0v) is 11.2. The average Bonchev–Trinajstić information content (AvgIpc) is 3.04. The van der Waals surface area contributed by atoms with Crippen molar-refractivity contribution < 1.29 is 4.39 Å². The van der Waals surface area contributed by atoms with E-state index < -0.39 is 0 Å². The highest BCUT2D eigenvalue weighted by molar-refractivity contribution is 9.10. The number of hydrogen-bond donors (Lipinski definition) is 1. The third-order valence-electron chi connectivity index (χ3n) is 3.78. The van der Waals surface area contributed by atoms with Crippen molar-refractivity contribution in [3.05, 3.63) is 34.1 Å². The second-order valence-corrected chi connectivity index (χ2v) is 5.95. The first-order valence-corrected chi connectivity index (χ1v) is 6.92. The van der Waals surface area contributed by atoms with Gasteiger partial charge in [0, 0.05) is 28.7 Å². The third kappa shape index (κ3) is 2.14. The Kier molecular flexibility index (Phi) is 2.97. The molecule has 0 bridgehead atoms. The maximum absolute atomic E-state index is 14.0. The smallest absolute Gasteiger partial charge is 0.129 e. The molecule has 1 aromatic rings. The molecule has 2 fully saturated rings. The van der Waals surface area contributed by atoms with Crippen LogP contribution in [0.15, 0.2) is 22.7 Å². The van der Waals surface area contributed by atoms with Crippen LogP contribution in [0.5, 0.6) is 0 Å². The Hall–Kier alpha value is -0.450. The first-order chi connectivity index (χ1) is 8.16. The van der Waals surface area contributed by atoms with Gasteiger partial charge in [-0.25, -0.2) is 4.39 Å². The third-order valence-corrected chi connectivity index (χ3v) is 4.27. The van der Waals surface area contributed by atoms with Crippen LogP contribution in [0, 0.1) is 5.82 Å². The first-order valence-electron chi connectivity index (χ1n) is 6.13. The van der Waals surface area contributed by atoms with Crippen LogP contribution < -0.4 is 5.73 Å². The Labute approximate surface area is 109 Å². The van der Waals surface area contributed by atoms with Gasteiger partial charge in [-0.15, -0.1) is 0 Å². The summed E-state index contributed by atoms with van der Waals surface area (Å²) in [6.07, 6.45) is 3.44. The number of benzene rings is 1. The van der Waals surface area contributed by atoms with Crippen LogP contribution >= 0.6 is 15.9 Å². The van der Waals surface area contributed by atoms with Crippen LogP contribution in [0.3, 0.4) is 0 Å². The molecule has 2 atom stereocenters. The van der Waals surface area contributed by atoms with Gasteiger partial charge in [0.1, 0.15) is 5.82 Å². The SMILES string of the molecule is NC1CCN(C2CC2)C1c1ccc(Br)cc1F. The predicted octanol–water partition coefficient (Wildman–Crippen LogP) is 2.82. The van der Waals surface area contributed by atoms with Gasteiger partial charge in [-0.3, -0.25) is 4.90 Å². The fourth-order valence-electron chi connectivity index (χ4n) is 2.81. The zero-order chi connectivity index (χ0) is 12.0. The van der Waals surface area contributed by atoms with E-state index in [-0.39, 0.29) is 17.9 Å². The molecular weight excluding hydrogens is 283 g/mol. The van der Waals surface area contributed by atoms with E-state index in [1.54, 1.807) is 0 Å². The summed E-state index contributed by atoms with van der Waals surface area (Å²) in [5.74, 6) is -0.146. The molecule has 1 saturated heterocycles. The van der Waals surface area contributed by atoms with Gasteiger partial charge in [0.15, 0.2) is 0 Å². The summed E-state index contributed by atoms with van der Waals surface area (Å²) in [4.78, 5) is 2.39. The van der Waals surface area contributed by atoms with Crippen molar-refractivity contribution in [1.82, 2.24) is 4.90 Å². The fourth-order valence-corrected chi connectivity index (χ4v) is 3.14. The Morgan fingerprint density at radius 2 is 2.06 bits per heavy atom. The van der Waals surface area contributed by atoms with Crippen LogP contribution in [-0.2, 0) is 0 Å². The van der Waals surface area contributed by atoms with E-state index in [4.69, 9.17) is 5.73 Å². The lowest BCUT2D eigenvalue weighted by Crippen LogP contribution is -2.33. The molecule has 2 N–H and O–H groups in total. The van der Waals surface area contributed by atoms with Gasteiger partial charge in [-0.2, -0.15) is 0 Å². The van der Waals surface area contributed by atoms with Gasteiger partial charge in [-0.05, 0) is 31.4 Å². The van der Waals surface area contributed by atoms with E-state index in [2.05, 4.69) is 20.8 Å². The Bertz CT molecular complexity index is 433. The minimum atomic E-state index is -0.146. The maximum Gasteiger partial charge on any atom is 0.129 e. The van der Waals surface area contributed by atoms with Crippen molar-refractivity contribution >= 4 is 15.9 Å². The van der Waals surface area contributed by atoms with Gasteiger partial charge < -0.3 is 5.73 Å². The monoisotopic (exact) mass is 298 g/mol. The van der Waals surface area contributed by atoms with Gasteiger partial charge >= 0.3 is 0 Å². The highest BCUT2D eigenvalue weighted by atomic mass is 79.9. The molecule has 0 aromatic heterocycles. The molecule has 1 saturated carbocycles. The van der Waals surface area contributed by atoms with E-state index >= 15 is 0 Å². The van der Waals surface area contributed by atoms with Crippen LogP contribution in [0.2, 0.25) is 0 Å². The lowest BCUT2D eigenvalue weighted by Gasteiger charge is -2.27. The molecule has 17 heavy (non-hydrogen) atoms. The second kappa shape index (κ2) is 4.34. The highest BCUT2D eigenvalue weighted by Crippen LogP contribution is 2.41. The fraction of sp³-hybridized carbons (Fsp3) is 0.538. The first kappa shape index (κ1) is 11.6. The van der Waals surface area contributed by atoms with Crippen molar-refractivity contribution in [2.75, 3.05) is 6.54 Å². The summed E-state index contributed by atoms with van der Waals surface area (Å²) < 4.78 is 14.8. The van der Waals surface area contributed by atoms with E-state index in [9.17, 15) is 4.39 Å². The Morgan fingerprint density at radius 1 is 1.29 bits per heavy atom. The molecule has 1 aliphatic carbocycles. The topological polar surface area (TPSA) is 29.3 Å². The summed E-state index contributed by atoms with van der Waals surface area (Å²) in [6, 6.07) is 6.06. The van der Waals surface area contributed by atoms with Crippen molar-refractivity contribution in [3.63, 3.8) is 0 Å². The van der Waals surface area contributed by atoms with E-state index in [0.29, 0.717) is 6.04 Å². The van der Waals surface area contributed by atoms with Crippen LogP contribution in [0.25, 0.3) is 0 Å². The quantitative estimate of drug-likeness (QED) is 0.910. The van der Waals surface area contributed by atoms with Crippen LogP contribution in [-0.4, -0.2) is 23.5 Å². The van der Waals surface area contributed by atoms with E-state index in [0.717, 1.165) is 23.0 Å². The molecule has 2 nitrogen and oxygen atoms in total. The molecule has 0 radical (unpaired) electrons. The van der Waals surface area contributed by atoms with Crippen molar-refractivity contribution in [1.29, 1.82) is 0 Å².